The highest BCUT2D eigenvalue weighted by Gasteiger charge is 2.45. The van der Waals surface area contributed by atoms with Crippen molar-refractivity contribution in [3.8, 4) is 11.8 Å². The van der Waals surface area contributed by atoms with Gasteiger partial charge < -0.3 is 9.64 Å². The van der Waals surface area contributed by atoms with Crippen molar-refractivity contribution in [3.05, 3.63) is 58.6 Å². The third-order valence-corrected chi connectivity index (χ3v) is 6.36. The normalized spacial score (nSPS) is 18.4. The van der Waals surface area contributed by atoms with Crippen molar-refractivity contribution < 1.29 is 9.53 Å². The van der Waals surface area contributed by atoms with Crippen LogP contribution in [0.15, 0.2) is 42.5 Å². The molecule has 1 saturated heterocycles. The number of ether oxygens (including phenoxy) is 1. The molecule has 1 aliphatic carbocycles. The molecular formula is C23H23ClN2O2. The largest absolute Gasteiger partial charge is 0.490 e. The van der Waals surface area contributed by atoms with Gasteiger partial charge in [0.25, 0.3) is 0 Å². The van der Waals surface area contributed by atoms with Gasteiger partial charge in [-0.15, -0.1) is 0 Å². The van der Waals surface area contributed by atoms with Gasteiger partial charge in [0, 0.05) is 29.8 Å². The molecule has 0 N–H and O–H groups in total. The highest BCUT2D eigenvalue weighted by molar-refractivity contribution is 6.32. The topological polar surface area (TPSA) is 53.3 Å². The molecule has 0 radical (unpaired) electrons. The Kier molecular flexibility index (Phi) is 5.03. The second kappa shape index (κ2) is 7.48. The molecule has 0 atom stereocenters. The van der Waals surface area contributed by atoms with Gasteiger partial charge in [-0.2, -0.15) is 5.26 Å². The van der Waals surface area contributed by atoms with Gasteiger partial charge in [0.15, 0.2) is 5.78 Å². The molecule has 0 bridgehead atoms. The second-order valence-electron chi connectivity index (χ2n) is 8.03. The van der Waals surface area contributed by atoms with Crippen LogP contribution in [0.4, 0.5) is 5.69 Å². The van der Waals surface area contributed by atoms with E-state index in [9.17, 15) is 4.79 Å². The van der Waals surface area contributed by atoms with Crippen LogP contribution < -0.4 is 9.64 Å². The van der Waals surface area contributed by atoms with Gasteiger partial charge in [-0.3, -0.25) is 4.79 Å². The van der Waals surface area contributed by atoms with E-state index in [2.05, 4.69) is 11.0 Å². The fraction of sp³-hybridized carbons (Fsp3) is 0.391. The predicted octanol–water partition coefficient (Wildman–Crippen LogP) is 5.24. The van der Waals surface area contributed by atoms with Gasteiger partial charge in [0.1, 0.15) is 11.8 Å². The summed E-state index contributed by atoms with van der Waals surface area (Å²) in [4.78, 5) is 13.7. The lowest BCUT2D eigenvalue weighted by molar-refractivity contribution is 0.0589. The molecule has 2 fully saturated rings. The Morgan fingerprint density at radius 1 is 1.18 bits per heavy atom. The zero-order valence-electron chi connectivity index (χ0n) is 16.0. The maximum atomic E-state index is 11.4. The summed E-state index contributed by atoms with van der Waals surface area (Å²) in [6.45, 7) is 3.65. The minimum absolute atomic E-state index is 0.0734. The maximum Gasteiger partial charge on any atom is 0.159 e. The smallest absolute Gasteiger partial charge is 0.159 e. The van der Waals surface area contributed by atoms with E-state index < -0.39 is 0 Å². The highest BCUT2D eigenvalue weighted by Crippen LogP contribution is 2.46. The molecule has 144 valence electrons. The molecule has 5 heteroatoms. The molecule has 0 aromatic heterocycles. The quantitative estimate of drug-likeness (QED) is 0.665. The number of Topliss-reactive ketones (excluding diaryl/α,β-unsaturated/α-hetero) is 1. The lowest BCUT2D eigenvalue weighted by Crippen LogP contribution is -2.58. The predicted molar refractivity (Wildman–Crippen MR) is 110 cm³/mol. The van der Waals surface area contributed by atoms with E-state index >= 15 is 0 Å². The molecule has 2 aromatic rings. The molecule has 2 aromatic carbocycles. The molecule has 4 rings (SSSR count). The van der Waals surface area contributed by atoms with Crippen LogP contribution in [0.1, 0.15) is 48.5 Å². The van der Waals surface area contributed by atoms with E-state index in [0.717, 1.165) is 50.2 Å². The van der Waals surface area contributed by atoms with Crippen LogP contribution >= 0.6 is 11.6 Å². The van der Waals surface area contributed by atoms with Gasteiger partial charge in [-0.1, -0.05) is 11.6 Å². The van der Waals surface area contributed by atoms with Crippen molar-refractivity contribution in [1.82, 2.24) is 0 Å². The number of nitriles is 1. The van der Waals surface area contributed by atoms with Crippen molar-refractivity contribution >= 4 is 23.1 Å². The molecule has 0 unspecified atom stereocenters. The first-order valence-corrected chi connectivity index (χ1v) is 10.1. The Bertz CT molecular complexity index is 917. The Morgan fingerprint density at radius 2 is 1.86 bits per heavy atom. The first-order chi connectivity index (χ1) is 13.5. The summed E-state index contributed by atoms with van der Waals surface area (Å²) in [6, 6.07) is 15.2. The number of carbonyl (C=O) groups excluding carboxylic acids is 1. The van der Waals surface area contributed by atoms with Crippen molar-refractivity contribution in [2.45, 2.75) is 38.7 Å². The monoisotopic (exact) mass is 394 g/mol. The Hall–Kier alpha value is -2.51. The molecule has 0 amide bonds. The van der Waals surface area contributed by atoms with Gasteiger partial charge in [-0.25, -0.2) is 0 Å². The van der Waals surface area contributed by atoms with Crippen molar-refractivity contribution in [2.75, 3.05) is 18.0 Å². The maximum absolute atomic E-state index is 11.4. The summed E-state index contributed by atoms with van der Waals surface area (Å²) >= 11 is 6.17. The standard InChI is InChI=1S/C23H23ClN2O2/c1-16(27)17-3-6-20(7-4-17)28-21-8-10-23(11-9-21)14-26(15-23)19-5-2-18(13-25)22(24)12-19/h2-7,12,21H,8-11,14-15H2,1H3. The summed E-state index contributed by atoms with van der Waals surface area (Å²) in [5.41, 5.74) is 2.71. The van der Waals surface area contributed by atoms with Crippen LogP contribution in [0.2, 0.25) is 5.02 Å². The van der Waals surface area contributed by atoms with Crippen molar-refractivity contribution in [2.24, 2.45) is 5.41 Å². The van der Waals surface area contributed by atoms with E-state index in [1.54, 1.807) is 13.0 Å². The van der Waals surface area contributed by atoms with Crippen LogP contribution in [-0.2, 0) is 0 Å². The molecule has 28 heavy (non-hydrogen) atoms. The Labute approximate surface area is 170 Å². The number of anilines is 1. The molecule has 4 nitrogen and oxygen atoms in total. The minimum atomic E-state index is 0.0734. The van der Waals surface area contributed by atoms with E-state index in [0.29, 0.717) is 21.6 Å². The van der Waals surface area contributed by atoms with Gasteiger partial charge in [-0.05, 0) is 75.1 Å². The fourth-order valence-electron chi connectivity index (χ4n) is 4.34. The molecule has 2 aliphatic rings. The summed E-state index contributed by atoms with van der Waals surface area (Å²) in [6.07, 6.45) is 4.66. The average Bonchev–Trinajstić information content (AvgIpc) is 2.67. The molecule has 1 heterocycles. The van der Waals surface area contributed by atoms with E-state index in [4.69, 9.17) is 21.6 Å². The SMILES string of the molecule is CC(=O)c1ccc(OC2CCC3(CC2)CN(c2ccc(C#N)c(Cl)c2)C3)cc1. The number of nitrogens with zero attached hydrogens (tertiary/aromatic N) is 2. The average molecular weight is 395 g/mol. The van der Waals surface area contributed by atoms with Crippen molar-refractivity contribution in [3.63, 3.8) is 0 Å². The van der Waals surface area contributed by atoms with E-state index in [1.165, 1.54) is 0 Å². The van der Waals surface area contributed by atoms with Gasteiger partial charge in [0.05, 0.1) is 16.7 Å². The van der Waals surface area contributed by atoms with E-state index in [-0.39, 0.29) is 11.9 Å². The number of hydrogen-bond donors (Lipinski definition) is 0. The second-order valence-corrected chi connectivity index (χ2v) is 8.44. The third-order valence-electron chi connectivity index (χ3n) is 6.05. The number of rotatable bonds is 4. The number of hydrogen-bond acceptors (Lipinski definition) is 4. The lowest BCUT2D eigenvalue weighted by Gasteiger charge is -2.54. The van der Waals surface area contributed by atoms with Gasteiger partial charge >= 0.3 is 0 Å². The van der Waals surface area contributed by atoms with Crippen LogP contribution in [0, 0.1) is 16.7 Å². The minimum Gasteiger partial charge on any atom is -0.490 e. The third kappa shape index (κ3) is 3.72. The molecule has 1 aliphatic heterocycles. The highest BCUT2D eigenvalue weighted by atomic mass is 35.5. The molecular weight excluding hydrogens is 372 g/mol. The summed E-state index contributed by atoms with van der Waals surface area (Å²) in [5.74, 6) is 0.914. The van der Waals surface area contributed by atoms with Crippen LogP contribution in [-0.4, -0.2) is 25.0 Å². The summed E-state index contributed by atoms with van der Waals surface area (Å²) in [7, 11) is 0. The summed E-state index contributed by atoms with van der Waals surface area (Å²) in [5, 5.41) is 9.53. The first kappa shape index (κ1) is 18.8. The number of carbonyl (C=O) groups is 1. The number of benzene rings is 2. The summed E-state index contributed by atoms with van der Waals surface area (Å²) < 4.78 is 6.13. The first-order valence-electron chi connectivity index (χ1n) is 9.70. The van der Waals surface area contributed by atoms with E-state index in [1.807, 2.05) is 36.4 Å². The zero-order valence-corrected chi connectivity index (χ0v) is 16.7. The van der Waals surface area contributed by atoms with Crippen LogP contribution in [0.3, 0.4) is 0 Å². The Morgan fingerprint density at radius 3 is 2.43 bits per heavy atom. The molecule has 1 spiro atoms. The zero-order chi connectivity index (χ0) is 19.7. The fourth-order valence-corrected chi connectivity index (χ4v) is 4.55. The molecule has 1 saturated carbocycles. The van der Waals surface area contributed by atoms with Crippen molar-refractivity contribution in [1.29, 1.82) is 5.26 Å². The number of halogens is 1. The number of ketones is 1. The van der Waals surface area contributed by atoms with Crippen LogP contribution in [0.5, 0.6) is 5.75 Å². The Balaban J connectivity index is 1.30. The lowest BCUT2D eigenvalue weighted by atomic mass is 9.67. The van der Waals surface area contributed by atoms with Crippen LogP contribution in [0.25, 0.3) is 0 Å². The van der Waals surface area contributed by atoms with Gasteiger partial charge in [0.2, 0.25) is 0 Å².